The van der Waals surface area contributed by atoms with Crippen molar-refractivity contribution >= 4 is 27.8 Å². The van der Waals surface area contributed by atoms with Crippen LogP contribution in [-0.2, 0) is 32.0 Å². The maximum absolute atomic E-state index is 11.9. The first-order chi connectivity index (χ1) is 16.2. The van der Waals surface area contributed by atoms with Crippen LogP contribution in [0.4, 0.5) is 0 Å². The minimum Gasteiger partial charge on any atom is -0.497 e. The van der Waals surface area contributed by atoms with Crippen LogP contribution in [0, 0.1) is 6.92 Å². The molecule has 0 aliphatic rings. The number of thioether (sulfide) groups is 1. The zero-order valence-electron chi connectivity index (χ0n) is 19.1. The number of hydrogen-bond acceptors (Lipinski definition) is 7. The second kappa shape index (κ2) is 13.8. The van der Waals surface area contributed by atoms with Gasteiger partial charge in [-0.15, -0.1) is 0 Å². The van der Waals surface area contributed by atoms with Crippen LogP contribution in [0.25, 0.3) is 0 Å². The lowest BCUT2D eigenvalue weighted by Gasteiger charge is -2.11. The van der Waals surface area contributed by atoms with E-state index in [4.69, 9.17) is 19.8 Å². The summed E-state index contributed by atoms with van der Waals surface area (Å²) in [7, 11) is -2.38. The number of carbonyl (C=O) groups is 1. The van der Waals surface area contributed by atoms with Crippen molar-refractivity contribution in [1.29, 1.82) is 0 Å². The van der Waals surface area contributed by atoms with Gasteiger partial charge in [-0.05, 0) is 42.3 Å². The van der Waals surface area contributed by atoms with Gasteiger partial charge in [-0.2, -0.15) is 20.2 Å². The van der Waals surface area contributed by atoms with Gasteiger partial charge in [0.25, 0.3) is 10.1 Å². The Morgan fingerprint density at radius 3 is 2.15 bits per heavy atom. The standard InChI is InChI=1S/C18H21NO3S.C7H8O3S/c1-21-16-9-7-15(8-10-16)12-23-13-17(19)18(20)22-11-14-5-3-2-4-6-14;1-6-2-4-7(5-3-6)11(8,9)10/h2-10,17H,11-13,19H2,1H3;2-5H,1H3,(H,8,9,10)/t17-;/m1./s1. The lowest BCUT2D eigenvalue weighted by Crippen LogP contribution is -2.34. The van der Waals surface area contributed by atoms with E-state index in [-0.39, 0.29) is 17.5 Å². The Morgan fingerprint density at radius 1 is 0.971 bits per heavy atom. The molecule has 9 heteroatoms. The molecule has 0 radical (unpaired) electrons. The first-order valence-electron chi connectivity index (χ1n) is 10.4. The molecular formula is C25H29NO6S2. The van der Waals surface area contributed by atoms with E-state index in [1.165, 1.54) is 17.7 Å². The van der Waals surface area contributed by atoms with Gasteiger partial charge in [-0.1, -0.05) is 60.2 Å². The molecule has 0 saturated heterocycles. The Kier molecular flexibility index (Phi) is 11.1. The highest BCUT2D eigenvalue weighted by Crippen LogP contribution is 2.17. The first kappa shape index (κ1) is 27.4. The summed E-state index contributed by atoms with van der Waals surface area (Å²) in [5.41, 5.74) is 8.96. The molecule has 0 saturated carbocycles. The molecule has 0 aliphatic heterocycles. The maximum atomic E-state index is 11.9. The number of nitrogens with two attached hydrogens (primary N) is 1. The summed E-state index contributed by atoms with van der Waals surface area (Å²) in [6.07, 6.45) is 0. The number of benzene rings is 3. The Morgan fingerprint density at radius 2 is 1.59 bits per heavy atom. The number of esters is 1. The molecule has 0 bridgehead atoms. The van der Waals surface area contributed by atoms with E-state index in [2.05, 4.69) is 0 Å². The highest BCUT2D eigenvalue weighted by atomic mass is 32.2. The SMILES string of the molecule is COc1ccc(CSC[C@@H](N)C(=O)OCc2ccccc2)cc1.Cc1ccc(S(=O)(=O)O)cc1. The number of carbonyl (C=O) groups excluding carboxylic acids is 1. The smallest absolute Gasteiger partial charge is 0.324 e. The van der Waals surface area contributed by atoms with Gasteiger partial charge in [0.2, 0.25) is 0 Å². The number of rotatable bonds is 9. The zero-order valence-corrected chi connectivity index (χ0v) is 20.7. The minimum atomic E-state index is -4.02. The van der Waals surface area contributed by atoms with Crippen molar-refractivity contribution in [3.8, 4) is 5.75 Å². The molecule has 34 heavy (non-hydrogen) atoms. The Balaban J connectivity index is 0.000000310. The largest absolute Gasteiger partial charge is 0.497 e. The van der Waals surface area contributed by atoms with Crippen molar-refractivity contribution in [3.63, 3.8) is 0 Å². The third kappa shape index (κ3) is 9.96. The van der Waals surface area contributed by atoms with Crippen molar-refractivity contribution < 1.29 is 27.2 Å². The molecule has 182 valence electrons. The van der Waals surface area contributed by atoms with Gasteiger partial charge in [0.1, 0.15) is 18.4 Å². The van der Waals surface area contributed by atoms with E-state index < -0.39 is 16.2 Å². The predicted molar refractivity (Wildman–Crippen MR) is 134 cm³/mol. The van der Waals surface area contributed by atoms with Crippen LogP contribution < -0.4 is 10.5 Å². The summed E-state index contributed by atoms with van der Waals surface area (Å²) in [5.74, 6) is 1.79. The summed E-state index contributed by atoms with van der Waals surface area (Å²) in [6, 6.07) is 22.8. The van der Waals surface area contributed by atoms with Gasteiger partial charge in [-0.25, -0.2) is 0 Å². The second-order valence-corrected chi connectivity index (χ2v) is 9.80. The third-order valence-electron chi connectivity index (χ3n) is 4.57. The van der Waals surface area contributed by atoms with Crippen molar-refractivity contribution in [3.05, 3.63) is 95.6 Å². The summed E-state index contributed by atoms with van der Waals surface area (Å²) >= 11 is 1.61. The normalized spacial score (nSPS) is 11.6. The molecule has 0 heterocycles. The van der Waals surface area contributed by atoms with Crippen LogP contribution in [-0.4, -0.2) is 37.8 Å². The predicted octanol–water partition coefficient (Wildman–Crippen LogP) is 4.24. The fourth-order valence-corrected chi connectivity index (χ4v) is 4.06. The van der Waals surface area contributed by atoms with Crippen LogP contribution >= 0.6 is 11.8 Å². The van der Waals surface area contributed by atoms with Crippen molar-refractivity contribution in [2.24, 2.45) is 5.73 Å². The number of ether oxygens (including phenoxy) is 2. The lowest BCUT2D eigenvalue weighted by molar-refractivity contribution is -0.145. The third-order valence-corrected chi connectivity index (χ3v) is 6.57. The van der Waals surface area contributed by atoms with Crippen molar-refractivity contribution in [1.82, 2.24) is 0 Å². The van der Waals surface area contributed by atoms with Crippen LogP contribution in [0.1, 0.15) is 16.7 Å². The molecule has 3 rings (SSSR count). The molecule has 0 unspecified atom stereocenters. The van der Waals surface area contributed by atoms with E-state index in [9.17, 15) is 13.2 Å². The molecule has 0 spiro atoms. The molecule has 7 nitrogen and oxygen atoms in total. The Bertz CT molecular complexity index is 1120. The maximum Gasteiger partial charge on any atom is 0.324 e. The van der Waals surface area contributed by atoms with Gasteiger partial charge in [0, 0.05) is 11.5 Å². The molecule has 0 amide bonds. The van der Waals surface area contributed by atoms with Crippen LogP contribution in [0.3, 0.4) is 0 Å². The van der Waals surface area contributed by atoms with E-state index in [0.717, 1.165) is 22.6 Å². The monoisotopic (exact) mass is 503 g/mol. The lowest BCUT2D eigenvalue weighted by atomic mass is 10.2. The van der Waals surface area contributed by atoms with E-state index in [1.54, 1.807) is 31.0 Å². The highest BCUT2D eigenvalue weighted by molar-refractivity contribution is 7.98. The Labute approximate surface area is 205 Å². The topological polar surface area (TPSA) is 116 Å². The van der Waals surface area contributed by atoms with Crippen molar-refractivity contribution in [2.75, 3.05) is 12.9 Å². The van der Waals surface area contributed by atoms with E-state index in [0.29, 0.717) is 5.75 Å². The average molecular weight is 504 g/mol. The summed E-state index contributed by atoms with van der Waals surface area (Å²) in [5, 5.41) is 0. The number of hydrogen-bond donors (Lipinski definition) is 2. The summed E-state index contributed by atoms with van der Waals surface area (Å²) in [4.78, 5) is 11.8. The highest BCUT2D eigenvalue weighted by Gasteiger charge is 2.15. The second-order valence-electron chi connectivity index (χ2n) is 7.35. The van der Waals surface area contributed by atoms with Crippen LogP contribution in [0.15, 0.2) is 83.8 Å². The zero-order chi connectivity index (χ0) is 25.0. The summed E-state index contributed by atoms with van der Waals surface area (Å²) < 4.78 is 39.9. The Hall–Kier alpha value is -2.85. The molecule has 1 atom stereocenters. The number of aryl methyl sites for hydroxylation is 1. The van der Waals surface area contributed by atoms with E-state index >= 15 is 0 Å². The quantitative estimate of drug-likeness (QED) is 0.329. The first-order valence-corrected chi connectivity index (χ1v) is 13.0. The fraction of sp³-hybridized carbons (Fsp3) is 0.240. The molecular weight excluding hydrogens is 474 g/mol. The van der Waals surface area contributed by atoms with Gasteiger partial charge in [-0.3, -0.25) is 9.35 Å². The number of methoxy groups -OCH3 is 1. The molecule has 0 fully saturated rings. The summed E-state index contributed by atoms with van der Waals surface area (Å²) in [6.45, 7) is 2.10. The van der Waals surface area contributed by atoms with Gasteiger partial charge < -0.3 is 15.2 Å². The van der Waals surface area contributed by atoms with Gasteiger partial charge >= 0.3 is 5.97 Å². The van der Waals surface area contributed by atoms with Crippen LogP contribution in [0.5, 0.6) is 5.75 Å². The molecule has 0 aromatic heterocycles. The van der Waals surface area contributed by atoms with Crippen molar-refractivity contribution in [2.45, 2.75) is 30.2 Å². The minimum absolute atomic E-state index is 0.0666. The van der Waals surface area contributed by atoms with Gasteiger partial charge in [0.05, 0.1) is 12.0 Å². The van der Waals surface area contributed by atoms with E-state index in [1.807, 2.05) is 61.5 Å². The molecule has 3 aromatic rings. The van der Waals surface area contributed by atoms with Gasteiger partial charge in [0.15, 0.2) is 0 Å². The molecule has 3 N–H and O–H groups in total. The molecule has 0 aliphatic carbocycles. The fourth-order valence-electron chi connectivity index (χ4n) is 2.64. The average Bonchev–Trinajstić information content (AvgIpc) is 2.83. The van der Waals surface area contributed by atoms with Crippen LogP contribution in [0.2, 0.25) is 0 Å². The molecule has 3 aromatic carbocycles.